The van der Waals surface area contributed by atoms with Crippen LogP contribution in [0.15, 0.2) is 54.0 Å². The lowest BCUT2D eigenvalue weighted by atomic mass is 10.2. The number of nitrogens with zero attached hydrogens (tertiary/aromatic N) is 2. The molecule has 0 saturated carbocycles. The van der Waals surface area contributed by atoms with E-state index in [2.05, 4.69) is 36.7 Å². The first kappa shape index (κ1) is 18.9. The van der Waals surface area contributed by atoms with Gasteiger partial charge in [0, 0.05) is 12.1 Å². The van der Waals surface area contributed by atoms with Gasteiger partial charge in [-0.3, -0.25) is 4.79 Å². The summed E-state index contributed by atoms with van der Waals surface area (Å²) in [5, 5.41) is 0. The lowest BCUT2D eigenvalue weighted by molar-refractivity contribution is 0.0997. The zero-order valence-corrected chi connectivity index (χ0v) is 16.5. The number of thiazole rings is 1. The van der Waals surface area contributed by atoms with Gasteiger partial charge in [0.15, 0.2) is 16.3 Å². The van der Waals surface area contributed by atoms with Crippen LogP contribution < -0.4 is 14.3 Å². The average Bonchev–Trinajstić information content (AvgIpc) is 3.03. The van der Waals surface area contributed by atoms with Gasteiger partial charge in [0.1, 0.15) is 0 Å². The maximum absolute atomic E-state index is 12.7. The summed E-state index contributed by atoms with van der Waals surface area (Å²) in [6.07, 6.45) is 2.77. The quantitative estimate of drug-likeness (QED) is 0.600. The fourth-order valence-corrected chi connectivity index (χ4v) is 3.95. The van der Waals surface area contributed by atoms with Crippen molar-refractivity contribution in [1.82, 2.24) is 4.57 Å². The third-order valence-corrected chi connectivity index (χ3v) is 5.34. The topological polar surface area (TPSA) is 52.8 Å². The number of methoxy groups -OCH3 is 2. The Hall–Kier alpha value is -2.86. The number of rotatable bonds is 6. The number of hydrogen-bond donors (Lipinski definition) is 0. The van der Waals surface area contributed by atoms with Crippen molar-refractivity contribution in [2.45, 2.75) is 19.9 Å². The van der Waals surface area contributed by atoms with Crippen LogP contribution in [0, 0.1) is 0 Å². The summed E-state index contributed by atoms with van der Waals surface area (Å²) in [6.45, 7) is 6.53. The van der Waals surface area contributed by atoms with Gasteiger partial charge in [0.05, 0.1) is 24.4 Å². The van der Waals surface area contributed by atoms with Crippen molar-refractivity contribution in [1.29, 1.82) is 0 Å². The van der Waals surface area contributed by atoms with E-state index in [0.717, 1.165) is 16.6 Å². The van der Waals surface area contributed by atoms with Gasteiger partial charge >= 0.3 is 0 Å². The predicted octanol–water partition coefficient (Wildman–Crippen LogP) is 4.21. The minimum absolute atomic E-state index is 0.323. The smallest absolute Gasteiger partial charge is 0.279 e. The molecule has 140 valence electrons. The minimum atomic E-state index is -0.323. The number of carbonyl (C=O) groups excluding carboxylic acids is 1. The normalized spacial score (nSPS) is 11.6. The van der Waals surface area contributed by atoms with E-state index >= 15 is 0 Å². The second-order valence-electron chi connectivity index (χ2n) is 5.93. The van der Waals surface area contributed by atoms with Crippen LogP contribution in [-0.2, 0) is 13.0 Å². The first-order chi connectivity index (χ1) is 13.1. The molecule has 0 N–H and O–H groups in total. The van der Waals surface area contributed by atoms with Crippen molar-refractivity contribution in [3.05, 3.63) is 65.0 Å². The molecular weight excluding hydrogens is 360 g/mol. The fraction of sp³-hybridized carbons (Fsp3) is 0.238. The standard InChI is InChI=1S/C21H22N2O3S/c1-5-11-23-16-9-7-14(6-2)12-19(16)27-21(23)22-20(24)15-8-10-17(25-3)18(13-15)26-4/h5,7-10,12-13H,1,6,11H2,2-4H3. The molecule has 0 bridgehead atoms. The number of amides is 1. The van der Waals surface area contributed by atoms with Crippen LogP contribution in [0.4, 0.5) is 0 Å². The molecule has 0 aliphatic carbocycles. The van der Waals surface area contributed by atoms with Gasteiger partial charge in [-0.2, -0.15) is 4.99 Å². The van der Waals surface area contributed by atoms with Gasteiger partial charge in [-0.25, -0.2) is 0 Å². The van der Waals surface area contributed by atoms with Gasteiger partial charge in [0.2, 0.25) is 0 Å². The lowest BCUT2D eigenvalue weighted by Crippen LogP contribution is -2.16. The number of benzene rings is 2. The number of ether oxygens (including phenoxy) is 2. The van der Waals surface area contributed by atoms with Crippen LogP contribution in [-0.4, -0.2) is 24.7 Å². The van der Waals surface area contributed by atoms with Gasteiger partial charge < -0.3 is 14.0 Å². The van der Waals surface area contributed by atoms with E-state index in [1.807, 2.05) is 4.57 Å². The highest BCUT2D eigenvalue weighted by Gasteiger charge is 2.12. The fourth-order valence-electron chi connectivity index (χ4n) is 2.85. The van der Waals surface area contributed by atoms with Crippen molar-refractivity contribution in [3.8, 4) is 11.5 Å². The van der Waals surface area contributed by atoms with Crippen molar-refractivity contribution in [2.75, 3.05) is 14.2 Å². The molecule has 0 spiro atoms. The molecule has 0 atom stereocenters. The summed E-state index contributed by atoms with van der Waals surface area (Å²) >= 11 is 1.51. The number of allylic oxidation sites excluding steroid dienone is 1. The van der Waals surface area contributed by atoms with Crippen LogP contribution in [0.2, 0.25) is 0 Å². The lowest BCUT2D eigenvalue weighted by Gasteiger charge is -2.07. The van der Waals surface area contributed by atoms with Gasteiger partial charge in [-0.05, 0) is 42.3 Å². The molecule has 6 heteroatoms. The number of aryl methyl sites for hydroxylation is 1. The Bertz CT molecular complexity index is 1060. The molecule has 0 aliphatic heterocycles. The Morgan fingerprint density at radius 1 is 1.19 bits per heavy atom. The Kier molecular flexibility index (Phi) is 5.76. The molecule has 1 heterocycles. The minimum Gasteiger partial charge on any atom is -0.493 e. The molecule has 3 aromatic rings. The molecule has 0 radical (unpaired) electrons. The van der Waals surface area contributed by atoms with Crippen LogP contribution in [0.5, 0.6) is 11.5 Å². The van der Waals surface area contributed by atoms with Crippen LogP contribution >= 0.6 is 11.3 Å². The van der Waals surface area contributed by atoms with E-state index in [1.165, 1.54) is 16.9 Å². The number of carbonyl (C=O) groups is 1. The van der Waals surface area contributed by atoms with Crippen LogP contribution in [0.3, 0.4) is 0 Å². The predicted molar refractivity (Wildman–Crippen MR) is 109 cm³/mol. The molecule has 0 aliphatic rings. The molecule has 5 nitrogen and oxygen atoms in total. The summed E-state index contributed by atoms with van der Waals surface area (Å²) in [5.74, 6) is 0.752. The third kappa shape index (κ3) is 3.80. The van der Waals surface area contributed by atoms with Crippen LogP contribution in [0.1, 0.15) is 22.8 Å². The van der Waals surface area contributed by atoms with E-state index < -0.39 is 0 Å². The van der Waals surface area contributed by atoms with E-state index in [4.69, 9.17) is 9.47 Å². The van der Waals surface area contributed by atoms with Gasteiger partial charge in [0.25, 0.3) is 5.91 Å². The monoisotopic (exact) mass is 382 g/mol. The Morgan fingerprint density at radius 2 is 1.96 bits per heavy atom. The van der Waals surface area contributed by atoms with Crippen molar-refractivity contribution in [2.24, 2.45) is 4.99 Å². The molecule has 1 amide bonds. The molecule has 0 unspecified atom stereocenters. The summed E-state index contributed by atoms with van der Waals surface area (Å²) in [7, 11) is 3.10. The Morgan fingerprint density at radius 3 is 2.63 bits per heavy atom. The summed E-state index contributed by atoms with van der Waals surface area (Å²) < 4.78 is 13.6. The van der Waals surface area contributed by atoms with Crippen LogP contribution in [0.25, 0.3) is 10.2 Å². The third-order valence-electron chi connectivity index (χ3n) is 4.29. The molecule has 0 fully saturated rings. The van der Waals surface area contributed by atoms with Crippen molar-refractivity contribution < 1.29 is 14.3 Å². The zero-order chi connectivity index (χ0) is 19.4. The summed E-state index contributed by atoms with van der Waals surface area (Å²) in [4.78, 5) is 17.8. The SMILES string of the molecule is C=CCn1c(=NC(=O)c2ccc(OC)c(OC)c2)sc2cc(CC)ccc21. The molecule has 3 rings (SSSR count). The molecule has 2 aromatic carbocycles. The number of hydrogen-bond acceptors (Lipinski definition) is 4. The van der Waals surface area contributed by atoms with Gasteiger partial charge in [-0.1, -0.05) is 30.4 Å². The largest absolute Gasteiger partial charge is 0.493 e. The van der Waals surface area contributed by atoms with Gasteiger partial charge in [-0.15, -0.1) is 6.58 Å². The maximum Gasteiger partial charge on any atom is 0.279 e. The summed E-state index contributed by atoms with van der Waals surface area (Å²) in [6, 6.07) is 11.4. The first-order valence-electron chi connectivity index (χ1n) is 8.65. The number of fused-ring (bicyclic) bond motifs is 1. The molecule has 0 saturated heterocycles. The molecular formula is C21H22N2O3S. The van der Waals surface area contributed by atoms with Crippen molar-refractivity contribution >= 4 is 27.5 Å². The Labute approximate surface area is 162 Å². The van der Waals surface area contributed by atoms with E-state index in [1.54, 1.807) is 38.5 Å². The Balaban J connectivity index is 2.10. The second kappa shape index (κ2) is 8.22. The highest BCUT2D eigenvalue weighted by atomic mass is 32.1. The van der Waals surface area contributed by atoms with E-state index in [0.29, 0.717) is 28.4 Å². The van der Waals surface area contributed by atoms with E-state index in [-0.39, 0.29) is 5.91 Å². The number of aromatic nitrogens is 1. The maximum atomic E-state index is 12.7. The first-order valence-corrected chi connectivity index (χ1v) is 9.47. The highest BCUT2D eigenvalue weighted by Crippen LogP contribution is 2.28. The molecule has 27 heavy (non-hydrogen) atoms. The summed E-state index contributed by atoms with van der Waals surface area (Å²) in [5.41, 5.74) is 2.76. The zero-order valence-electron chi connectivity index (χ0n) is 15.7. The second-order valence-corrected chi connectivity index (χ2v) is 6.94. The van der Waals surface area contributed by atoms with E-state index in [9.17, 15) is 4.79 Å². The van der Waals surface area contributed by atoms with Crippen molar-refractivity contribution in [3.63, 3.8) is 0 Å². The average molecular weight is 382 g/mol. The molecule has 1 aromatic heterocycles. The highest BCUT2D eigenvalue weighted by molar-refractivity contribution is 7.16.